The molecule has 0 saturated carbocycles. The topological polar surface area (TPSA) is 61.6 Å². The third-order valence-electron chi connectivity index (χ3n) is 3.41. The lowest BCUT2D eigenvalue weighted by Crippen LogP contribution is -2.18. The van der Waals surface area contributed by atoms with Crippen LogP contribution in [0.25, 0.3) is 0 Å². The lowest BCUT2D eigenvalue weighted by Gasteiger charge is -2.25. The van der Waals surface area contributed by atoms with Gasteiger partial charge < -0.3 is 15.2 Å². The first-order chi connectivity index (χ1) is 9.22. The van der Waals surface area contributed by atoms with Gasteiger partial charge in [-0.15, -0.1) is 0 Å². The van der Waals surface area contributed by atoms with Crippen LogP contribution in [0, 0.1) is 0 Å². The van der Waals surface area contributed by atoms with Crippen molar-refractivity contribution in [2.45, 2.75) is 38.5 Å². The van der Waals surface area contributed by atoms with Crippen LogP contribution in [0.15, 0.2) is 18.2 Å². The summed E-state index contributed by atoms with van der Waals surface area (Å²) >= 11 is 0. The minimum absolute atomic E-state index is 0.247. The summed E-state index contributed by atoms with van der Waals surface area (Å²) in [5, 5.41) is 0. The maximum Gasteiger partial charge on any atom is 0.217 e. The largest absolute Gasteiger partial charge is 0.486 e. The molecule has 2 N–H and O–H groups in total. The van der Waals surface area contributed by atoms with E-state index in [1.54, 1.807) is 0 Å². The fourth-order valence-corrected chi connectivity index (χ4v) is 2.54. The minimum Gasteiger partial charge on any atom is -0.486 e. The highest BCUT2D eigenvalue weighted by Crippen LogP contribution is 2.40. The van der Waals surface area contributed by atoms with Crippen molar-refractivity contribution in [3.05, 3.63) is 23.8 Å². The van der Waals surface area contributed by atoms with Gasteiger partial charge in [-0.2, -0.15) is 0 Å². The van der Waals surface area contributed by atoms with Gasteiger partial charge in [-0.3, -0.25) is 4.79 Å². The van der Waals surface area contributed by atoms with E-state index in [0.717, 1.165) is 36.3 Å². The second kappa shape index (κ2) is 6.45. The summed E-state index contributed by atoms with van der Waals surface area (Å²) in [6.45, 7) is 3.32. The molecule has 4 heteroatoms. The van der Waals surface area contributed by atoms with Gasteiger partial charge >= 0.3 is 0 Å². The number of amides is 1. The summed E-state index contributed by atoms with van der Waals surface area (Å²) in [7, 11) is 0. The third kappa shape index (κ3) is 3.40. The Kier molecular flexibility index (Phi) is 4.66. The molecule has 1 atom stereocenters. The van der Waals surface area contributed by atoms with Gasteiger partial charge in [-0.25, -0.2) is 0 Å². The number of carbonyl (C=O) groups is 1. The summed E-state index contributed by atoms with van der Waals surface area (Å²) < 4.78 is 11.3. The highest BCUT2D eigenvalue weighted by molar-refractivity contribution is 5.73. The van der Waals surface area contributed by atoms with Crippen molar-refractivity contribution < 1.29 is 14.3 Å². The average molecular weight is 263 g/mol. The third-order valence-corrected chi connectivity index (χ3v) is 3.41. The van der Waals surface area contributed by atoms with Crippen molar-refractivity contribution in [3.63, 3.8) is 0 Å². The molecule has 1 amide bonds. The van der Waals surface area contributed by atoms with E-state index >= 15 is 0 Å². The monoisotopic (exact) mass is 263 g/mol. The molecule has 0 radical (unpaired) electrons. The van der Waals surface area contributed by atoms with Crippen LogP contribution >= 0.6 is 0 Å². The van der Waals surface area contributed by atoms with Gasteiger partial charge in [-0.1, -0.05) is 25.5 Å². The van der Waals surface area contributed by atoms with Crippen LogP contribution in [-0.2, 0) is 4.79 Å². The fourth-order valence-electron chi connectivity index (χ4n) is 2.54. The highest BCUT2D eigenvalue weighted by atomic mass is 16.6. The number of primary amides is 1. The van der Waals surface area contributed by atoms with Crippen molar-refractivity contribution in [2.75, 3.05) is 13.2 Å². The van der Waals surface area contributed by atoms with Gasteiger partial charge in [0.2, 0.25) is 5.91 Å². The number of ether oxygens (including phenoxy) is 2. The van der Waals surface area contributed by atoms with E-state index in [1.807, 2.05) is 12.1 Å². The van der Waals surface area contributed by atoms with Gasteiger partial charge in [0.1, 0.15) is 13.2 Å². The number of fused-ring (bicyclic) bond motifs is 1. The summed E-state index contributed by atoms with van der Waals surface area (Å²) in [6.07, 6.45) is 3.26. The standard InChI is InChI=1S/C15H21NO3/c1-2-4-11(7-8-14(16)17)12-5-3-6-13-15(12)19-10-9-18-13/h3,5-6,11H,2,4,7-10H2,1H3,(H2,16,17). The molecule has 104 valence electrons. The van der Waals surface area contributed by atoms with Crippen LogP contribution < -0.4 is 15.2 Å². The zero-order valence-corrected chi connectivity index (χ0v) is 11.4. The first-order valence-electron chi connectivity index (χ1n) is 6.89. The molecule has 0 aliphatic carbocycles. The predicted octanol–water partition coefficient (Wildman–Crippen LogP) is 2.61. The van der Waals surface area contributed by atoms with E-state index in [9.17, 15) is 4.79 Å². The van der Waals surface area contributed by atoms with Crippen molar-refractivity contribution >= 4 is 5.91 Å². The lowest BCUT2D eigenvalue weighted by atomic mass is 9.89. The fraction of sp³-hybridized carbons (Fsp3) is 0.533. The summed E-state index contributed by atoms with van der Waals surface area (Å²) in [4.78, 5) is 11.0. The number of rotatable bonds is 6. The Hall–Kier alpha value is -1.71. The number of nitrogens with two attached hydrogens (primary N) is 1. The second-order valence-electron chi connectivity index (χ2n) is 4.86. The first kappa shape index (κ1) is 13.7. The maximum atomic E-state index is 11.0. The molecule has 1 aromatic carbocycles. The molecule has 1 aromatic rings. The van der Waals surface area contributed by atoms with Crippen LogP contribution in [0.3, 0.4) is 0 Å². The lowest BCUT2D eigenvalue weighted by molar-refractivity contribution is -0.118. The van der Waals surface area contributed by atoms with Crippen LogP contribution in [0.1, 0.15) is 44.1 Å². The molecular weight excluding hydrogens is 242 g/mol. The van der Waals surface area contributed by atoms with E-state index in [1.165, 1.54) is 0 Å². The molecule has 0 spiro atoms. The van der Waals surface area contributed by atoms with Crippen molar-refractivity contribution in [3.8, 4) is 11.5 Å². The number of para-hydroxylation sites is 1. The van der Waals surface area contributed by atoms with Crippen molar-refractivity contribution in [1.29, 1.82) is 0 Å². The Morgan fingerprint density at radius 3 is 2.84 bits per heavy atom. The summed E-state index contributed by atoms with van der Waals surface area (Å²) in [5.74, 6) is 1.71. The minimum atomic E-state index is -0.247. The molecule has 1 aliphatic heterocycles. The summed E-state index contributed by atoms with van der Waals surface area (Å²) in [5.41, 5.74) is 6.40. The molecule has 1 unspecified atom stereocenters. The number of benzene rings is 1. The highest BCUT2D eigenvalue weighted by Gasteiger charge is 2.21. The Balaban J connectivity index is 2.22. The van der Waals surface area contributed by atoms with Gasteiger partial charge in [0.25, 0.3) is 0 Å². The molecule has 0 bridgehead atoms. The first-order valence-corrected chi connectivity index (χ1v) is 6.89. The number of carbonyl (C=O) groups excluding carboxylic acids is 1. The van der Waals surface area contributed by atoms with E-state index in [4.69, 9.17) is 15.2 Å². The van der Waals surface area contributed by atoms with Crippen LogP contribution in [0.2, 0.25) is 0 Å². The molecule has 0 fully saturated rings. The summed E-state index contributed by atoms with van der Waals surface area (Å²) in [6, 6.07) is 5.97. The molecule has 1 aliphatic rings. The average Bonchev–Trinajstić information content (AvgIpc) is 2.43. The van der Waals surface area contributed by atoms with E-state index in [2.05, 4.69) is 13.0 Å². The van der Waals surface area contributed by atoms with Gasteiger partial charge in [-0.05, 0) is 24.8 Å². The van der Waals surface area contributed by atoms with Crippen LogP contribution in [0.4, 0.5) is 0 Å². The smallest absolute Gasteiger partial charge is 0.217 e. The maximum absolute atomic E-state index is 11.0. The Morgan fingerprint density at radius 2 is 2.11 bits per heavy atom. The normalized spacial score (nSPS) is 15.0. The molecule has 4 nitrogen and oxygen atoms in total. The molecule has 1 heterocycles. The molecule has 0 saturated heterocycles. The van der Waals surface area contributed by atoms with Crippen LogP contribution in [-0.4, -0.2) is 19.1 Å². The quantitative estimate of drug-likeness (QED) is 0.858. The zero-order valence-electron chi connectivity index (χ0n) is 11.4. The van der Waals surface area contributed by atoms with Gasteiger partial charge in [0, 0.05) is 12.0 Å². The number of hydrogen-bond donors (Lipinski definition) is 1. The van der Waals surface area contributed by atoms with Crippen molar-refractivity contribution in [1.82, 2.24) is 0 Å². The van der Waals surface area contributed by atoms with Gasteiger partial charge in [0.05, 0.1) is 0 Å². The molecule has 2 rings (SSSR count). The second-order valence-corrected chi connectivity index (χ2v) is 4.86. The van der Waals surface area contributed by atoms with Gasteiger partial charge in [0.15, 0.2) is 11.5 Å². The number of hydrogen-bond acceptors (Lipinski definition) is 3. The Bertz CT molecular complexity index is 445. The molecular formula is C15H21NO3. The molecule has 19 heavy (non-hydrogen) atoms. The van der Waals surface area contributed by atoms with E-state index < -0.39 is 0 Å². The Labute approximate surface area is 113 Å². The van der Waals surface area contributed by atoms with E-state index in [-0.39, 0.29) is 5.91 Å². The molecule has 0 aromatic heterocycles. The SMILES string of the molecule is CCCC(CCC(N)=O)c1cccc2c1OCCO2. The predicted molar refractivity (Wildman–Crippen MR) is 73.5 cm³/mol. The Morgan fingerprint density at radius 1 is 1.32 bits per heavy atom. The zero-order chi connectivity index (χ0) is 13.7. The van der Waals surface area contributed by atoms with Crippen molar-refractivity contribution in [2.24, 2.45) is 5.73 Å². The van der Waals surface area contributed by atoms with Crippen LogP contribution in [0.5, 0.6) is 11.5 Å². The van der Waals surface area contributed by atoms with E-state index in [0.29, 0.717) is 25.6 Å².